The molecule has 2 aromatic rings. The lowest BCUT2D eigenvalue weighted by Crippen LogP contribution is -2.33. The van der Waals surface area contributed by atoms with Crippen LogP contribution < -0.4 is 5.32 Å². The monoisotopic (exact) mass is 370 g/mol. The van der Waals surface area contributed by atoms with Gasteiger partial charge >= 0.3 is 0 Å². The van der Waals surface area contributed by atoms with Crippen LogP contribution in [0.25, 0.3) is 0 Å². The number of likely N-dealkylation sites (N-methyl/N-ethyl adjacent to an activating group) is 1. The van der Waals surface area contributed by atoms with Crippen molar-refractivity contribution in [2.45, 2.75) is 31.2 Å². The molecule has 20 heavy (non-hydrogen) atoms. The number of aryl methyl sites for hydroxylation is 1. The summed E-state index contributed by atoms with van der Waals surface area (Å²) >= 11 is 7.25. The molecule has 1 aromatic heterocycles. The van der Waals surface area contributed by atoms with E-state index in [0.717, 1.165) is 24.4 Å². The maximum atomic E-state index is 4.57. The lowest BCUT2D eigenvalue weighted by molar-refractivity contribution is 0.571. The number of nitrogens with one attached hydrogen (secondary N) is 1. The van der Waals surface area contributed by atoms with Gasteiger partial charge in [0, 0.05) is 38.7 Å². The van der Waals surface area contributed by atoms with Crippen molar-refractivity contribution in [1.82, 2.24) is 10.3 Å². The van der Waals surface area contributed by atoms with Crippen LogP contribution in [-0.2, 0) is 6.42 Å². The van der Waals surface area contributed by atoms with Crippen molar-refractivity contribution < 1.29 is 0 Å². The molecule has 0 aliphatic heterocycles. The average molecular weight is 371 g/mol. The molecule has 1 atom stereocenters. The molecule has 1 unspecified atom stereocenters. The SMILES string of the molecule is CCNC(CSc1ccccc1Br)Cc1nc(C)cs1. The van der Waals surface area contributed by atoms with Crippen molar-refractivity contribution in [3.05, 3.63) is 44.8 Å². The minimum absolute atomic E-state index is 0.461. The summed E-state index contributed by atoms with van der Waals surface area (Å²) in [7, 11) is 0. The third-order valence-electron chi connectivity index (χ3n) is 2.86. The molecule has 0 radical (unpaired) electrons. The Labute approximate surface area is 137 Å². The predicted octanol–water partition coefficient (Wildman–Crippen LogP) is 4.53. The van der Waals surface area contributed by atoms with Crippen LogP contribution in [-0.4, -0.2) is 23.3 Å². The van der Waals surface area contributed by atoms with Crippen LogP contribution in [0.15, 0.2) is 39.0 Å². The van der Waals surface area contributed by atoms with Crippen molar-refractivity contribution in [3.63, 3.8) is 0 Å². The predicted molar refractivity (Wildman–Crippen MR) is 92.9 cm³/mol. The minimum Gasteiger partial charge on any atom is -0.313 e. The van der Waals surface area contributed by atoms with Crippen LogP contribution in [0.2, 0.25) is 0 Å². The van der Waals surface area contributed by atoms with Crippen molar-refractivity contribution >= 4 is 39.0 Å². The van der Waals surface area contributed by atoms with Crippen LogP contribution in [0.3, 0.4) is 0 Å². The number of thiazole rings is 1. The molecule has 0 amide bonds. The zero-order chi connectivity index (χ0) is 14.4. The highest BCUT2D eigenvalue weighted by Gasteiger charge is 2.12. The second-order valence-corrected chi connectivity index (χ2v) is 7.44. The number of hydrogen-bond acceptors (Lipinski definition) is 4. The first-order valence-corrected chi connectivity index (χ1v) is 9.36. The summed E-state index contributed by atoms with van der Waals surface area (Å²) in [6.07, 6.45) is 1.00. The van der Waals surface area contributed by atoms with E-state index in [1.54, 1.807) is 11.3 Å². The first-order valence-electron chi connectivity index (χ1n) is 6.70. The number of nitrogens with zero attached hydrogens (tertiary/aromatic N) is 1. The topological polar surface area (TPSA) is 24.9 Å². The van der Waals surface area contributed by atoms with Crippen molar-refractivity contribution in [1.29, 1.82) is 0 Å². The number of hydrogen-bond donors (Lipinski definition) is 1. The molecule has 0 saturated carbocycles. The van der Waals surface area contributed by atoms with E-state index in [4.69, 9.17) is 0 Å². The summed E-state index contributed by atoms with van der Waals surface area (Å²) in [6.45, 7) is 5.20. The van der Waals surface area contributed by atoms with Crippen LogP contribution in [0.5, 0.6) is 0 Å². The maximum absolute atomic E-state index is 4.57. The molecule has 2 nitrogen and oxygen atoms in total. The maximum Gasteiger partial charge on any atom is 0.0943 e. The molecule has 1 N–H and O–H groups in total. The Bertz CT molecular complexity index is 542. The summed E-state index contributed by atoms with van der Waals surface area (Å²) in [5.74, 6) is 1.05. The Kier molecular flexibility index (Phi) is 6.55. The third kappa shape index (κ3) is 4.88. The van der Waals surface area contributed by atoms with Gasteiger partial charge in [-0.25, -0.2) is 4.98 Å². The van der Waals surface area contributed by atoms with Gasteiger partial charge in [0.05, 0.1) is 5.01 Å². The zero-order valence-electron chi connectivity index (χ0n) is 11.7. The second-order valence-electron chi connectivity index (χ2n) is 4.58. The van der Waals surface area contributed by atoms with Gasteiger partial charge in [0.2, 0.25) is 0 Å². The van der Waals surface area contributed by atoms with E-state index < -0.39 is 0 Å². The fourth-order valence-corrected chi connectivity index (χ4v) is 4.42. The molecule has 2 rings (SSSR count). The molecule has 108 valence electrons. The molecule has 1 heterocycles. The normalized spacial score (nSPS) is 12.6. The van der Waals surface area contributed by atoms with Crippen molar-refractivity contribution in [2.75, 3.05) is 12.3 Å². The molecule has 5 heteroatoms. The van der Waals surface area contributed by atoms with Gasteiger partial charge in [-0.05, 0) is 41.5 Å². The summed E-state index contributed by atoms with van der Waals surface area (Å²) in [6, 6.07) is 8.84. The van der Waals surface area contributed by atoms with Crippen LogP contribution in [0, 0.1) is 6.92 Å². The Morgan fingerprint density at radius 3 is 2.85 bits per heavy atom. The molecule has 0 fully saturated rings. The van der Waals surface area contributed by atoms with Crippen LogP contribution in [0.4, 0.5) is 0 Å². The number of benzene rings is 1. The lowest BCUT2D eigenvalue weighted by Gasteiger charge is -2.16. The van der Waals surface area contributed by atoms with Gasteiger partial charge in [-0.2, -0.15) is 0 Å². The standard InChI is InChI=1S/C15H19BrN2S2/c1-3-17-12(8-15-18-11(2)9-20-15)10-19-14-7-5-4-6-13(14)16/h4-7,9,12,17H,3,8,10H2,1-2H3. The van der Waals surface area contributed by atoms with E-state index in [1.165, 1.54) is 14.4 Å². The third-order valence-corrected chi connectivity index (χ3v) is 6.04. The largest absolute Gasteiger partial charge is 0.313 e. The highest BCUT2D eigenvalue weighted by molar-refractivity contribution is 9.10. The summed E-state index contributed by atoms with van der Waals surface area (Å²) in [4.78, 5) is 5.86. The highest BCUT2D eigenvalue weighted by atomic mass is 79.9. The molecule has 0 saturated heterocycles. The quantitative estimate of drug-likeness (QED) is 0.724. The van der Waals surface area contributed by atoms with E-state index in [1.807, 2.05) is 17.8 Å². The second kappa shape index (κ2) is 8.17. The number of halogens is 1. The highest BCUT2D eigenvalue weighted by Crippen LogP contribution is 2.28. The first-order chi connectivity index (χ1) is 9.69. The van der Waals surface area contributed by atoms with Crippen LogP contribution in [0.1, 0.15) is 17.6 Å². The van der Waals surface area contributed by atoms with Gasteiger partial charge in [-0.1, -0.05) is 19.1 Å². The molecule has 1 aromatic carbocycles. The molecular formula is C15H19BrN2S2. The van der Waals surface area contributed by atoms with E-state index in [0.29, 0.717) is 6.04 Å². The number of rotatable bonds is 7. The molecule has 0 spiro atoms. The first kappa shape index (κ1) is 16.0. The van der Waals surface area contributed by atoms with Crippen LogP contribution >= 0.6 is 39.0 Å². The van der Waals surface area contributed by atoms with Gasteiger partial charge < -0.3 is 5.32 Å². The average Bonchev–Trinajstić information content (AvgIpc) is 2.83. The number of thioether (sulfide) groups is 1. The molecule has 0 aliphatic rings. The van der Waals surface area contributed by atoms with E-state index in [2.05, 4.69) is 63.7 Å². The minimum atomic E-state index is 0.461. The lowest BCUT2D eigenvalue weighted by atomic mass is 10.2. The molecule has 0 aliphatic carbocycles. The molecular weight excluding hydrogens is 352 g/mol. The van der Waals surface area contributed by atoms with Gasteiger partial charge in [-0.15, -0.1) is 23.1 Å². The van der Waals surface area contributed by atoms with Gasteiger partial charge in [0.1, 0.15) is 0 Å². The van der Waals surface area contributed by atoms with Gasteiger partial charge in [0.25, 0.3) is 0 Å². The smallest absolute Gasteiger partial charge is 0.0943 e. The Morgan fingerprint density at radius 2 is 2.20 bits per heavy atom. The fraction of sp³-hybridized carbons (Fsp3) is 0.400. The summed E-state index contributed by atoms with van der Waals surface area (Å²) in [5, 5.41) is 6.91. The fourth-order valence-electron chi connectivity index (χ4n) is 1.94. The summed E-state index contributed by atoms with van der Waals surface area (Å²) in [5.41, 5.74) is 1.12. The van der Waals surface area contributed by atoms with Gasteiger partial charge in [0.15, 0.2) is 0 Å². The van der Waals surface area contributed by atoms with Gasteiger partial charge in [-0.3, -0.25) is 0 Å². The number of aromatic nitrogens is 1. The van der Waals surface area contributed by atoms with Crippen molar-refractivity contribution in [2.24, 2.45) is 0 Å². The van der Waals surface area contributed by atoms with Crippen molar-refractivity contribution in [3.8, 4) is 0 Å². The van der Waals surface area contributed by atoms with E-state index in [9.17, 15) is 0 Å². The van der Waals surface area contributed by atoms with E-state index >= 15 is 0 Å². The summed E-state index contributed by atoms with van der Waals surface area (Å²) < 4.78 is 1.17. The molecule has 0 bridgehead atoms. The zero-order valence-corrected chi connectivity index (χ0v) is 14.9. The Balaban J connectivity index is 1.94. The van der Waals surface area contributed by atoms with E-state index in [-0.39, 0.29) is 0 Å². The Morgan fingerprint density at radius 1 is 1.40 bits per heavy atom. The Hall–Kier alpha value is -0.360.